The number of hydrogen-bond acceptors (Lipinski definition) is 2. The van der Waals surface area contributed by atoms with E-state index >= 15 is 0 Å². The second kappa shape index (κ2) is 5.33. The van der Waals surface area contributed by atoms with Gasteiger partial charge in [-0.15, -0.1) is 0 Å². The number of benzene rings is 2. The van der Waals surface area contributed by atoms with Gasteiger partial charge in [0.05, 0.1) is 7.11 Å². The van der Waals surface area contributed by atoms with E-state index in [0.717, 1.165) is 47.2 Å². The zero-order valence-electron chi connectivity index (χ0n) is 11.4. The van der Waals surface area contributed by atoms with Crippen LogP contribution < -0.4 is 4.74 Å². The first-order valence-corrected chi connectivity index (χ1v) is 6.74. The first-order valence-electron chi connectivity index (χ1n) is 6.74. The van der Waals surface area contributed by atoms with Gasteiger partial charge in [0.25, 0.3) is 0 Å². The standard InChI is InChI=1S/C18H16O2/c1-20-15-8-10-17-14(11-15)7-9-16(18(17)12-19)13-5-3-2-4-6-13/h2-6,8,10-12H,7,9H2,1H3. The number of carbonyl (C=O) groups excluding carboxylic acids is 1. The van der Waals surface area contributed by atoms with E-state index in [2.05, 4.69) is 12.1 Å². The summed E-state index contributed by atoms with van der Waals surface area (Å²) in [6.45, 7) is 0. The molecule has 1 aliphatic carbocycles. The van der Waals surface area contributed by atoms with Crippen LogP contribution in [-0.2, 0) is 11.2 Å². The Balaban J connectivity index is 2.15. The van der Waals surface area contributed by atoms with Crippen LogP contribution in [0.15, 0.2) is 48.5 Å². The molecule has 0 aliphatic heterocycles. The number of hydrogen-bond donors (Lipinski definition) is 0. The SMILES string of the molecule is COc1ccc2c(c1)CCC(c1ccccc1)=C2C=O. The normalized spacial score (nSPS) is 13.8. The number of aryl methyl sites for hydroxylation is 1. The largest absolute Gasteiger partial charge is 0.497 e. The lowest BCUT2D eigenvalue weighted by Crippen LogP contribution is -2.06. The molecule has 0 heterocycles. The molecule has 0 bridgehead atoms. The highest BCUT2D eigenvalue weighted by molar-refractivity contribution is 6.18. The van der Waals surface area contributed by atoms with Crippen LogP contribution in [-0.4, -0.2) is 13.4 Å². The number of aldehydes is 1. The van der Waals surface area contributed by atoms with E-state index in [1.165, 1.54) is 5.56 Å². The molecule has 2 nitrogen and oxygen atoms in total. The molecule has 20 heavy (non-hydrogen) atoms. The van der Waals surface area contributed by atoms with Gasteiger partial charge in [-0.2, -0.15) is 0 Å². The van der Waals surface area contributed by atoms with Gasteiger partial charge in [0, 0.05) is 5.57 Å². The summed E-state index contributed by atoms with van der Waals surface area (Å²) >= 11 is 0. The first-order chi connectivity index (χ1) is 9.83. The van der Waals surface area contributed by atoms with Crippen LogP contribution in [0.3, 0.4) is 0 Å². The fourth-order valence-corrected chi connectivity index (χ4v) is 2.80. The van der Waals surface area contributed by atoms with E-state index in [9.17, 15) is 4.79 Å². The van der Waals surface area contributed by atoms with Crippen molar-refractivity contribution < 1.29 is 9.53 Å². The zero-order valence-corrected chi connectivity index (χ0v) is 11.4. The number of ether oxygens (including phenoxy) is 1. The molecular formula is C18H16O2. The Bertz CT molecular complexity index is 669. The van der Waals surface area contributed by atoms with Gasteiger partial charge in [0.15, 0.2) is 6.29 Å². The smallest absolute Gasteiger partial charge is 0.150 e. The van der Waals surface area contributed by atoms with Crippen molar-refractivity contribution in [2.24, 2.45) is 0 Å². The molecule has 3 rings (SSSR count). The van der Waals surface area contributed by atoms with Gasteiger partial charge in [-0.05, 0) is 47.2 Å². The predicted molar refractivity (Wildman–Crippen MR) is 80.6 cm³/mol. The van der Waals surface area contributed by atoms with Crippen molar-refractivity contribution in [1.82, 2.24) is 0 Å². The van der Waals surface area contributed by atoms with E-state index < -0.39 is 0 Å². The van der Waals surface area contributed by atoms with Crippen LogP contribution in [0.5, 0.6) is 5.75 Å². The molecule has 0 fully saturated rings. The minimum absolute atomic E-state index is 0.806. The van der Waals surface area contributed by atoms with Crippen molar-refractivity contribution in [3.63, 3.8) is 0 Å². The van der Waals surface area contributed by atoms with Crippen LogP contribution in [0.2, 0.25) is 0 Å². The number of allylic oxidation sites excluding steroid dienone is 2. The number of rotatable bonds is 3. The number of fused-ring (bicyclic) bond motifs is 1. The summed E-state index contributed by atoms with van der Waals surface area (Å²) in [6, 6.07) is 16.1. The van der Waals surface area contributed by atoms with Crippen molar-refractivity contribution in [3.05, 3.63) is 65.2 Å². The maximum atomic E-state index is 11.6. The third kappa shape index (κ3) is 2.14. The Morgan fingerprint density at radius 1 is 1.05 bits per heavy atom. The molecule has 0 spiro atoms. The van der Waals surface area contributed by atoms with Gasteiger partial charge in [-0.3, -0.25) is 4.79 Å². The van der Waals surface area contributed by atoms with Crippen LogP contribution in [0.25, 0.3) is 11.1 Å². The highest BCUT2D eigenvalue weighted by atomic mass is 16.5. The topological polar surface area (TPSA) is 26.3 Å². The van der Waals surface area contributed by atoms with Gasteiger partial charge in [-0.25, -0.2) is 0 Å². The first kappa shape index (κ1) is 12.7. The molecular weight excluding hydrogens is 248 g/mol. The van der Waals surface area contributed by atoms with Crippen molar-refractivity contribution >= 4 is 17.4 Å². The van der Waals surface area contributed by atoms with Gasteiger partial charge in [-0.1, -0.05) is 36.4 Å². The summed E-state index contributed by atoms with van der Waals surface area (Å²) in [5.74, 6) is 0.845. The summed E-state index contributed by atoms with van der Waals surface area (Å²) in [5.41, 5.74) is 5.30. The lowest BCUT2D eigenvalue weighted by molar-refractivity contribution is -0.103. The minimum Gasteiger partial charge on any atom is -0.497 e. The molecule has 0 unspecified atom stereocenters. The molecule has 0 N–H and O–H groups in total. The fourth-order valence-electron chi connectivity index (χ4n) is 2.80. The molecule has 0 saturated heterocycles. The molecule has 2 aromatic rings. The summed E-state index contributed by atoms with van der Waals surface area (Å²) in [4.78, 5) is 11.6. The molecule has 1 aliphatic rings. The lowest BCUT2D eigenvalue weighted by Gasteiger charge is -2.21. The van der Waals surface area contributed by atoms with Crippen LogP contribution in [0.4, 0.5) is 0 Å². The van der Waals surface area contributed by atoms with Crippen molar-refractivity contribution in [2.75, 3.05) is 7.11 Å². The van der Waals surface area contributed by atoms with Crippen molar-refractivity contribution in [2.45, 2.75) is 12.8 Å². The van der Waals surface area contributed by atoms with Gasteiger partial charge < -0.3 is 4.74 Å². The molecule has 0 amide bonds. The Labute approximate surface area is 118 Å². The third-order valence-corrected chi connectivity index (χ3v) is 3.81. The molecule has 0 saturated carbocycles. The number of carbonyl (C=O) groups is 1. The van der Waals surface area contributed by atoms with Crippen LogP contribution in [0.1, 0.15) is 23.1 Å². The van der Waals surface area contributed by atoms with Gasteiger partial charge in [0.1, 0.15) is 5.75 Å². The molecule has 0 atom stereocenters. The molecule has 0 radical (unpaired) electrons. The Morgan fingerprint density at radius 3 is 2.55 bits per heavy atom. The van der Waals surface area contributed by atoms with Gasteiger partial charge in [0.2, 0.25) is 0 Å². The maximum Gasteiger partial charge on any atom is 0.150 e. The van der Waals surface area contributed by atoms with E-state index in [-0.39, 0.29) is 0 Å². The van der Waals surface area contributed by atoms with Gasteiger partial charge >= 0.3 is 0 Å². The second-order valence-electron chi connectivity index (χ2n) is 4.90. The summed E-state index contributed by atoms with van der Waals surface area (Å²) in [7, 11) is 1.66. The zero-order chi connectivity index (χ0) is 13.9. The van der Waals surface area contributed by atoms with E-state index in [1.807, 2.05) is 36.4 Å². The van der Waals surface area contributed by atoms with Crippen molar-refractivity contribution in [3.8, 4) is 5.75 Å². The Morgan fingerprint density at radius 2 is 1.85 bits per heavy atom. The van der Waals surface area contributed by atoms with Crippen molar-refractivity contribution in [1.29, 1.82) is 0 Å². The van der Waals surface area contributed by atoms with Crippen LogP contribution in [0, 0.1) is 0 Å². The highest BCUT2D eigenvalue weighted by Crippen LogP contribution is 2.37. The Hall–Kier alpha value is -2.35. The fraction of sp³-hybridized carbons (Fsp3) is 0.167. The summed E-state index contributed by atoms with van der Waals surface area (Å²) in [6.07, 6.45) is 2.80. The molecule has 2 heteroatoms. The van der Waals surface area contributed by atoms with E-state index in [1.54, 1.807) is 7.11 Å². The summed E-state index contributed by atoms with van der Waals surface area (Å²) in [5, 5.41) is 0. The third-order valence-electron chi connectivity index (χ3n) is 3.81. The minimum atomic E-state index is 0.806. The van der Waals surface area contributed by atoms with Crippen LogP contribution >= 0.6 is 0 Å². The quantitative estimate of drug-likeness (QED) is 0.789. The number of methoxy groups -OCH3 is 1. The average Bonchev–Trinajstić information content (AvgIpc) is 2.53. The monoisotopic (exact) mass is 264 g/mol. The average molecular weight is 264 g/mol. The Kier molecular flexibility index (Phi) is 3.38. The maximum absolute atomic E-state index is 11.6. The predicted octanol–water partition coefficient (Wildman–Crippen LogP) is 3.75. The molecule has 100 valence electrons. The van der Waals surface area contributed by atoms with E-state index in [0.29, 0.717) is 0 Å². The second-order valence-corrected chi connectivity index (χ2v) is 4.90. The molecule has 0 aromatic heterocycles. The lowest BCUT2D eigenvalue weighted by atomic mass is 9.83. The molecule has 2 aromatic carbocycles. The summed E-state index contributed by atoms with van der Waals surface area (Å²) < 4.78 is 5.26. The highest BCUT2D eigenvalue weighted by Gasteiger charge is 2.20. The van der Waals surface area contributed by atoms with E-state index in [4.69, 9.17) is 4.74 Å².